The molecule has 3 aromatic rings. The van der Waals surface area contributed by atoms with Crippen LogP contribution in [-0.2, 0) is 21.1 Å². The van der Waals surface area contributed by atoms with E-state index in [4.69, 9.17) is 5.73 Å². The molecule has 1 aliphatic rings. The fraction of sp³-hybridized carbons (Fsp3) is 0.375. The quantitative estimate of drug-likeness (QED) is 0.384. The van der Waals surface area contributed by atoms with E-state index < -0.39 is 15.7 Å². The van der Waals surface area contributed by atoms with Crippen LogP contribution in [0.5, 0.6) is 0 Å². The van der Waals surface area contributed by atoms with Crippen LogP contribution in [0.15, 0.2) is 77.7 Å². The first-order chi connectivity index (χ1) is 19.1. The Labute approximate surface area is 237 Å². The molecule has 212 valence electrons. The number of rotatable bonds is 10. The van der Waals surface area contributed by atoms with Crippen molar-refractivity contribution in [2.24, 2.45) is 5.73 Å². The number of likely N-dealkylation sites (tertiary alicyclic amines) is 1. The molecular weight excluding hydrogens is 522 g/mol. The summed E-state index contributed by atoms with van der Waals surface area (Å²) in [5, 5.41) is 0. The molecule has 0 aliphatic carbocycles. The minimum absolute atomic E-state index is 0.0243. The Morgan fingerprint density at radius 1 is 0.975 bits per heavy atom. The van der Waals surface area contributed by atoms with E-state index in [1.54, 1.807) is 37.3 Å². The van der Waals surface area contributed by atoms with Crippen molar-refractivity contribution >= 4 is 27.3 Å². The number of aryl methyl sites for hydroxylation is 1. The number of nitrogens with zero attached hydrogens (tertiary/aromatic N) is 2. The number of benzene rings is 3. The number of piperidine rings is 1. The summed E-state index contributed by atoms with van der Waals surface area (Å²) >= 11 is 0. The first kappa shape index (κ1) is 29.5. The van der Waals surface area contributed by atoms with Gasteiger partial charge >= 0.3 is 0 Å². The van der Waals surface area contributed by atoms with Crippen molar-refractivity contribution in [1.29, 1.82) is 0 Å². The predicted molar refractivity (Wildman–Crippen MR) is 159 cm³/mol. The summed E-state index contributed by atoms with van der Waals surface area (Å²) in [6.07, 6.45) is 4.47. The van der Waals surface area contributed by atoms with Gasteiger partial charge < -0.3 is 15.5 Å². The van der Waals surface area contributed by atoms with E-state index in [9.17, 15) is 18.0 Å². The highest BCUT2D eigenvalue weighted by atomic mass is 32.2. The Bertz CT molecular complexity index is 1430. The van der Waals surface area contributed by atoms with Crippen LogP contribution in [0.4, 0.5) is 5.69 Å². The van der Waals surface area contributed by atoms with Crippen molar-refractivity contribution < 1.29 is 18.0 Å². The zero-order chi connectivity index (χ0) is 28.9. The minimum atomic E-state index is -3.32. The highest BCUT2D eigenvalue weighted by Crippen LogP contribution is 2.32. The molecule has 1 fully saturated rings. The third-order valence-corrected chi connectivity index (χ3v) is 9.02. The number of anilines is 1. The zero-order valence-electron chi connectivity index (χ0n) is 23.5. The van der Waals surface area contributed by atoms with Crippen LogP contribution >= 0.6 is 0 Å². The van der Waals surface area contributed by atoms with Crippen molar-refractivity contribution in [3.8, 4) is 0 Å². The normalized spacial score (nSPS) is 15.5. The summed E-state index contributed by atoms with van der Waals surface area (Å²) in [6, 6.07) is 23.1. The molecule has 1 aliphatic heterocycles. The van der Waals surface area contributed by atoms with Crippen LogP contribution in [0.2, 0.25) is 0 Å². The Hall–Kier alpha value is -3.49. The molecule has 40 heavy (non-hydrogen) atoms. The number of amides is 2. The lowest BCUT2D eigenvalue weighted by molar-refractivity contribution is -0.117. The fourth-order valence-electron chi connectivity index (χ4n) is 5.74. The SMILES string of the molecule is CCc1cc(S(C)(=O)=O)ccc1N(C(C)=O)C1CCN(CCC(c2ccccc2)c2ccc(C(N)=O)cc2)CC1. The Balaban J connectivity index is 1.45. The highest BCUT2D eigenvalue weighted by Gasteiger charge is 2.29. The van der Waals surface area contributed by atoms with Crippen LogP contribution in [-0.4, -0.2) is 57.1 Å². The van der Waals surface area contributed by atoms with E-state index in [1.807, 2.05) is 30.0 Å². The molecular formula is C32H39N3O4S. The van der Waals surface area contributed by atoms with Crippen LogP contribution in [0.3, 0.4) is 0 Å². The van der Waals surface area contributed by atoms with Gasteiger partial charge in [0.05, 0.1) is 4.90 Å². The Kier molecular flexibility index (Phi) is 9.43. The number of carbonyl (C=O) groups is 2. The first-order valence-electron chi connectivity index (χ1n) is 13.9. The van der Waals surface area contributed by atoms with Gasteiger partial charge in [0.1, 0.15) is 0 Å². The van der Waals surface area contributed by atoms with E-state index in [0.29, 0.717) is 12.0 Å². The third kappa shape index (κ3) is 6.98. The fourth-order valence-corrected chi connectivity index (χ4v) is 6.41. The van der Waals surface area contributed by atoms with Gasteiger partial charge in [-0.2, -0.15) is 0 Å². The summed E-state index contributed by atoms with van der Waals surface area (Å²) < 4.78 is 24.2. The third-order valence-electron chi connectivity index (χ3n) is 7.91. The van der Waals surface area contributed by atoms with Crippen molar-refractivity contribution in [2.75, 3.05) is 30.8 Å². The molecule has 3 aromatic carbocycles. The zero-order valence-corrected chi connectivity index (χ0v) is 24.4. The van der Waals surface area contributed by atoms with Gasteiger partial charge in [0, 0.05) is 49.5 Å². The number of hydrogen-bond donors (Lipinski definition) is 1. The molecule has 7 nitrogen and oxygen atoms in total. The van der Waals surface area contributed by atoms with Crippen molar-refractivity contribution in [1.82, 2.24) is 4.90 Å². The Morgan fingerprint density at radius 3 is 2.15 bits per heavy atom. The van der Waals surface area contributed by atoms with Crippen LogP contribution in [0.25, 0.3) is 0 Å². The maximum atomic E-state index is 12.8. The summed E-state index contributed by atoms with van der Waals surface area (Å²) in [5.74, 6) is -0.262. The van der Waals surface area contributed by atoms with Crippen molar-refractivity contribution in [3.05, 3.63) is 95.1 Å². The molecule has 0 spiro atoms. The van der Waals surface area contributed by atoms with E-state index in [1.165, 1.54) is 11.8 Å². The minimum Gasteiger partial charge on any atom is -0.366 e. The van der Waals surface area contributed by atoms with Gasteiger partial charge in [-0.1, -0.05) is 49.4 Å². The van der Waals surface area contributed by atoms with E-state index in [-0.39, 0.29) is 22.8 Å². The van der Waals surface area contributed by atoms with E-state index in [0.717, 1.165) is 55.7 Å². The summed E-state index contributed by atoms with van der Waals surface area (Å²) in [5.41, 5.74) is 10.0. The molecule has 0 aromatic heterocycles. The molecule has 8 heteroatoms. The molecule has 2 amide bonds. The number of primary amides is 1. The van der Waals surface area contributed by atoms with Crippen LogP contribution < -0.4 is 10.6 Å². The predicted octanol–water partition coefficient (Wildman–Crippen LogP) is 4.79. The lowest BCUT2D eigenvalue weighted by Gasteiger charge is -2.39. The van der Waals surface area contributed by atoms with Gasteiger partial charge in [-0.05, 0) is 79.3 Å². The summed E-state index contributed by atoms with van der Waals surface area (Å²) in [7, 11) is -3.32. The van der Waals surface area contributed by atoms with Crippen molar-refractivity contribution in [2.45, 2.75) is 56.4 Å². The number of sulfone groups is 1. The molecule has 1 atom stereocenters. The second kappa shape index (κ2) is 12.8. The van der Waals surface area contributed by atoms with Gasteiger partial charge in [-0.25, -0.2) is 8.42 Å². The van der Waals surface area contributed by atoms with Gasteiger partial charge in [-0.3, -0.25) is 9.59 Å². The van der Waals surface area contributed by atoms with Crippen LogP contribution in [0.1, 0.15) is 66.1 Å². The summed E-state index contributed by atoms with van der Waals surface area (Å²) in [6.45, 7) is 6.23. The van der Waals surface area contributed by atoms with Gasteiger partial charge in [-0.15, -0.1) is 0 Å². The van der Waals surface area contributed by atoms with Gasteiger partial charge in [0.15, 0.2) is 9.84 Å². The smallest absolute Gasteiger partial charge is 0.248 e. The lowest BCUT2D eigenvalue weighted by atomic mass is 9.87. The topological polar surface area (TPSA) is 101 Å². The van der Waals surface area contributed by atoms with E-state index in [2.05, 4.69) is 29.2 Å². The summed E-state index contributed by atoms with van der Waals surface area (Å²) in [4.78, 5) is 29.0. The molecule has 0 saturated carbocycles. The monoisotopic (exact) mass is 561 g/mol. The first-order valence-corrected chi connectivity index (χ1v) is 15.8. The number of nitrogens with two attached hydrogens (primary N) is 1. The van der Waals surface area contributed by atoms with Gasteiger partial charge in [0.2, 0.25) is 11.8 Å². The average Bonchev–Trinajstić information content (AvgIpc) is 2.94. The number of hydrogen-bond acceptors (Lipinski definition) is 5. The Morgan fingerprint density at radius 2 is 1.60 bits per heavy atom. The molecule has 1 heterocycles. The second-order valence-corrected chi connectivity index (χ2v) is 12.6. The molecule has 0 radical (unpaired) electrons. The highest BCUT2D eigenvalue weighted by molar-refractivity contribution is 7.90. The number of carbonyl (C=O) groups excluding carboxylic acids is 2. The van der Waals surface area contributed by atoms with Crippen molar-refractivity contribution in [3.63, 3.8) is 0 Å². The average molecular weight is 562 g/mol. The lowest BCUT2D eigenvalue weighted by Crippen LogP contribution is -2.47. The van der Waals surface area contributed by atoms with Gasteiger partial charge in [0.25, 0.3) is 0 Å². The second-order valence-electron chi connectivity index (χ2n) is 10.6. The standard InChI is InChI=1S/C32H39N3O4S/c1-4-24-22-29(40(3,38)39)14-15-31(24)35(23(2)36)28-16-19-34(20-17-28)21-18-30(25-8-6-5-7-9-25)26-10-12-27(13-11-26)32(33)37/h5-15,22,28,30H,4,16-21H2,1-3H3,(H2,33,37). The van der Waals surface area contributed by atoms with Crippen LogP contribution in [0, 0.1) is 0 Å². The molecule has 2 N–H and O–H groups in total. The molecule has 0 bridgehead atoms. The molecule has 4 rings (SSSR count). The molecule has 1 saturated heterocycles. The maximum Gasteiger partial charge on any atom is 0.248 e. The van der Waals surface area contributed by atoms with E-state index >= 15 is 0 Å². The molecule has 1 unspecified atom stereocenters. The largest absolute Gasteiger partial charge is 0.366 e. The maximum absolute atomic E-state index is 12.8.